The molecule has 0 spiro atoms. The molecule has 3 heteroatoms. The van der Waals surface area contributed by atoms with Crippen LogP contribution in [-0.2, 0) is 6.42 Å². The van der Waals surface area contributed by atoms with Crippen LogP contribution in [0, 0.1) is 5.41 Å². The summed E-state index contributed by atoms with van der Waals surface area (Å²) in [5.41, 5.74) is 7.96. The molecule has 18 heavy (non-hydrogen) atoms. The van der Waals surface area contributed by atoms with E-state index in [0.717, 1.165) is 18.5 Å². The van der Waals surface area contributed by atoms with Gasteiger partial charge in [0.25, 0.3) is 0 Å². The fourth-order valence-electron chi connectivity index (χ4n) is 3.00. The lowest BCUT2D eigenvalue weighted by Crippen LogP contribution is -2.56. The molecule has 1 unspecified atom stereocenters. The van der Waals surface area contributed by atoms with Gasteiger partial charge in [0.05, 0.1) is 5.69 Å². The van der Waals surface area contributed by atoms with Gasteiger partial charge < -0.3 is 5.73 Å². The van der Waals surface area contributed by atoms with Crippen molar-refractivity contribution in [3.8, 4) is 0 Å². The molecule has 3 nitrogen and oxygen atoms in total. The molecule has 102 valence electrons. The van der Waals surface area contributed by atoms with E-state index in [4.69, 9.17) is 5.73 Å². The van der Waals surface area contributed by atoms with Crippen molar-refractivity contribution >= 4 is 0 Å². The summed E-state index contributed by atoms with van der Waals surface area (Å²) in [5.74, 6) is 0. The van der Waals surface area contributed by atoms with Crippen molar-refractivity contribution in [1.82, 2.24) is 9.78 Å². The van der Waals surface area contributed by atoms with E-state index in [2.05, 4.69) is 45.1 Å². The maximum absolute atomic E-state index is 6.70. The maximum atomic E-state index is 6.70. The highest BCUT2D eigenvalue weighted by Gasteiger charge is 2.43. The minimum atomic E-state index is -0.0958. The van der Waals surface area contributed by atoms with Gasteiger partial charge in [-0.1, -0.05) is 26.7 Å². The SMILES string of the molecule is CC(C)n1ccc(CC2(N)CCCCC2(C)C)n1. The predicted octanol–water partition coefficient (Wildman–Crippen LogP) is 3.30. The molecule has 0 aliphatic heterocycles. The standard InChI is InChI=1S/C15H27N3/c1-12(2)18-10-7-13(17-18)11-15(16)9-6-5-8-14(15,3)4/h7,10,12H,5-6,8-9,11,16H2,1-4H3. The number of hydrogen-bond acceptors (Lipinski definition) is 2. The lowest BCUT2D eigenvalue weighted by Gasteiger charge is -2.47. The van der Waals surface area contributed by atoms with Crippen LogP contribution >= 0.6 is 0 Å². The van der Waals surface area contributed by atoms with Crippen molar-refractivity contribution in [2.75, 3.05) is 0 Å². The highest BCUT2D eigenvalue weighted by atomic mass is 15.3. The van der Waals surface area contributed by atoms with Crippen molar-refractivity contribution in [2.24, 2.45) is 11.1 Å². The highest BCUT2D eigenvalue weighted by Crippen LogP contribution is 2.43. The molecule has 1 heterocycles. The summed E-state index contributed by atoms with van der Waals surface area (Å²) >= 11 is 0. The molecule has 2 rings (SSSR count). The van der Waals surface area contributed by atoms with Gasteiger partial charge in [-0.15, -0.1) is 0 Å². The van der Waals surface area contributed by atoms with E-state index in [0.29, 0.717) is 6.04 Å². The van der Waals surface area contributed by atoms with Crippen LogP contribution in [0.1, 0.15) is 65.1 Å². The van der Waals surface area contributed by atoms with Crippen molar-refractivity contribution in [2.45, 2.75) is 71.4 Å². The van der Waals surface area contributed by atoms with Crippen LogP contribution in [0.3, 0.4) is 0 Å². The van der Waals surface area contributed by atoms with Gasteiger partial charge in [0.15, 0.2) is 0 Å². The number of rotatable bonds is 3. The summed E-state index contributed by atoms with van der Waals surface area (Å²) in [6, 6.07) is 2.55. The smallest absolute Gasteiger partial charge is 0.0643 e. The fourth-order valence-corrected chi connectivity index (χ4v) is 3.00. The number of nitrogens with two attached hydrogens (primary N) is 1. The zero-order chi connectivity index (χ0) is 13.4. The molecule has 1 saturated carbocycles. The molecule has 0 radical (unpaired) electrons. The molecule has 0 saturated heterocycles. The second kappa shape index (κ2) is 4.69. The molecule has 0 aromatic carbocycles. The Hall–Kier alpha value is -0.830. The topological polar surface area (TPSA) is 43.8 Å². The van der Waals surface area contributed by atoms with Crippen LogP contribution in [0.15, 0.2) is 12.3 Å². The minimum Gasteiger partial charge on any atom is -0.324 e. The van der Waals surface area contributed by atoms with Gasteiger partial charge in [-0.2, -0.15) is 5.10 Å². The predicted molar refractivity (Wildman–Crippen MR) is 75.5 cm³/mol. The molecule has 0 bridgehead atoms. The van der Waals surface area contributed by atoms with Crippen molar-refractivity contribution in [1.29, 1.82) is 0 Å². The van der Waals surface area contributed by atoms with E-state index in [1.165, 1.54) is 19.3 Å². The summed E-state index contributed by atoms with van der Waals surface area (Å²) in [7, 11) is 0. The van der Waals surface area contributed by atoms with Crippen LogP contribution in [0.5, 0.6) is 0 Å². The summed E-state index contributed by atoms with van der Waals surface area (Å²) in [6.07, 6.45) is 7.89. The number of hydrogen-bond donors (Lipinski definition) is 1. The lowest BCUT2D eigenvalue weighted by molar-refractivity contribution is 0.0979. The zero-order valence-electron chi connectivity index (χ0n) is 12.2. The first-order valence-corrected chi connectivity index (χ1v) is 7.17. The largest absolute Gasteiger partial charge is 0.324 e. The van der Waals surface area contributed by atoms with Crippen molar-refractivity contribution in [3.63, 3.8) is 0 Å². The Labute approximate surface area is 111 Å². The zero-order valence-corrected chi connectivity index (χ0v) is 12.2. The van der Waals surface area contributed by atoms with Gasteiger partial charge in [0.1, 0.15) is 0 Å². The Kier molecular flexibility index (Phi) is 3.54. The molecule has 0 amide bonds. The van der Waals surface area contributed by atoms with E-state index in [1.807, 2.05) is 4.68 Å². The molecular weight excluding hydrogens is 222 g/mol. The van der Waals surface area contributed by atoms with Gasteiger partial charge in [-0.3, -0.25) is 4.68 Å². The van der Waals surface area contributed by atoms with Crippen LogP contribution < -0.4 is 5.73 Å². The third kappa shape index (κ3) is 2.46. The molecule has 1 fully saturated rings. The Bertz CT molecular complexity index is 406. The Morgan fingerprint density at radius 3 is 2.56 bits per heavy atom. The van der Waals surface area contributed by atoms with Gasteiger partial charge >= 0.3 is 0 Å². The van der Waals surface area contributed by atoms with Gasteiger partial charge in [0, 0.05) is 24.2 Å². The van der Waals surface area contributed by atoms with Crippen LogP contribution in [0.2, 0.25) is 0 Å². The first-order valence-electron chi connectivity index (χ1n) is 7.17. The summed E-state index contributed by atoms with van der Waals surface area (Å²) < 4.78 is 2.02. The molecule has 1 aliphatic rings. The van der Waals surface area contributed by atoms with E-state index < -0.39 is 0 Å². The Morgan fingerprint density at radius 1 is 1.33 bits per heavy atom. The molecule has 2 N–H and O–H groups in total. The van der Waals surface area contributed by atoms with Crippen LogP contribution in [0.25, 0.3) is 0 Å². The summed E-state index contributed by atoms with van der Waals surface area (Å²) in [4.78, 5) is 0. The van der Waals surface area contributed by atoms with Crippen molar-refractivity contribution in [3.05, 3.63) is 18.0 Å². The number of nitrogens with zero attached hydrogens (tertiary/aromatic N) is 2. The van der Waals surface area contributed by atoms with Gasteiger partial charge in [0.2, 0.25) is 0 Å². The van der Waals surface area contributed by atoms with E-state index >= 15 is 0 Å². The Balaban J connectivity index is 2.15. The van der Waals surface area contributed by atoms with Gasteiger partial charge in [-0.25, -0.2) is 0 Å². The quantitative estimate of drug-likeness (QED) is 0.893. The first kappa shape index (κ1) is 13.6. The first-order chi connectivity index (χ1) is 8.34. The van der Waals surface area contributed by atoms with E-state index in [9.17, 15) is 0 Å². The molecule has 1 aromatic rings. The molecule has 1 aromatic heterocycles. The second-order valence-corrected chi connectivity index (χ2v) is 6.80. The summed E-state index contributed by atoms with van der Waals surface area (Å²) in [5, 5.41) is 4.65. The van der Waals surface area contributed by atoms with E-state index in [1.54, 1.807) is 0 Å². The van der Waals surface area contributed by atoms with Crippen molar-refractivity contribution < 1.29 is 0 Å². The fraction of sp³-hybridized carbons (Fsp3) is 0.800. The molecule has 1 aliphatic carbocycles. The lowest BCUT2D eigenvalue weighted by atomic mass is 9.62. The molecule has 1 atom stereocenters. The Morgan fingerprint density at radius 2 is 2.00 bits per heavy atom. The monoisotopic (exact) mass is 249 g/mol. The van der Waals surface area contributed by atoms with Crippen LogP contribution in [0.4, 0.5) is 0 Å². The van der Waals surface area contributed by atoms with Gasteiger partial charge in [-0.05, 0) is 38.2 Å². The maximum Gasteiger partial charge on any atom is 0.0643 e. The average molecular weight is 249 g/mol. The summed E-state index contributed by atoms with van der Waals surface area (Å²) in [6.45, 7) is 8.93. The highest BCUT2D eigenvalue weighted by molar-refractivity contribution is 5.11. The van der Waals surface area contributed by atoms with E-state index in [-0.39, 0.29) is 11.0 Å². The average Bonchev–Trinajstić information content (AvgIpc) is 2.71. The minimum absolute atomic E-state index is 0.0958. The second-order valence-electron chi connectivity index (χ2n) is 6.80. The normalized spacial score (nSPS) is 27.7. The molecular formula is C15H27N3. The number of aromatic nitrogens is 2. The third-order valence-corrected chi connectivity index (χ3v) is 4.71. The van der Waals surface area contributed by atoms with Crippen LogP contribution in [-0.4, -0.2) is 15.3 Å². The third-order valence-electron chi connectivity index (χ3n) is 4.71.